The van der Waals surface area contributed by atoms with Crippen molar-refractivity contribution in [2.75, 3.05) is 6.54 Å². The lowest BCUT2D eigenvalue weighted by Gasteiger charge is -2.03. The van der Waals surface area contributed by atoms with Gasteiger partial charge in [-0.15, -0.1) is 52.1 Å². The standard InChI is InChI=1S/3C9H16N2.2C8H15N3.C8H14N2O.C8H14N2S.C7H14N4.8CH4/c2*1-7(2)9-5-10-11(6-9)8(3)4;1-6(2)8-5-10-9(11-8)7(3)4;2*1-6(2)8-5-11(7(3)4)10-9-8;2*1-5(2)7-9-10-8(11-7)6(3)4;1-5(2)7-8-10-11(9-7)6(3)4;;;;;;;;/h2*5-8H,1-4H3;6-7H,5H2,1-4H3;2*5-7H,1-4H3;3*5-6H,1-4H3;8*1H4. The third-order valence-corrected chi connectivity index (χ3v) is 14.6. The van der Waals surface area contributed by atoms with Crippen LogP contribution in [-0.2, 0) is 0 Å². The third-order valence-electron chi connectivity index (χ3n) is 13.1. The van der Waals surface area contributed by atoms with Crippen LogP contribution in [-0.4, -0.2) is 108 Å². The Labute approximate surface area is 594 Å². The molecular formula is C74H152N20OS. The van der Waals surface area contributed by atoms with E-state index in [1.165, 1.54) is 16.8 Å². The van der Waals surface area contributed by atoms with Crippen molar-refractivity contribution < 1.29 is 4.42 Å². The van der Waals surface area contributed by atoms with Gasteiger partial charge in [0.1, 0.15) is 15.9 Å². The maximum absolute atomic E-state index is 5.38. The summed E-state index contributed by atoms with van der Waals surface area (Å²) in [5, 5.41) is 55.0. The predicted molar refractivity (Wildman–Crippen MR) is 419 cm³/mol. The fourth-order valence-corrected chi connectivity index (χ4v) is 7.45. The number of rotatable bonds is 16. The summed E-state index contributed by atoms with van der Waals surface area (Å²) >= 11 is 1.73. The Morgan fingerprint density at radius 3 is 0.875 bits per heavy atom. The molecule has 7 aromatic rings. The van der Waals surface area contributed by atoms with Gasteiger partial charge in [-0.2, -0.15) is 15.0 Å². The monoisotopic (exact) mass is 1370 g/mol. The number of nitrogens with zero attached hydrogens (tertiary/aromatic N) is 20. The van der Waals surface area contributed by atoms with E-state index in [4.69, 9.17) is 4.42 Å². The van der Waals surface area contributed by atoms with Crippen LogP contribution in [0.2, 0.25) is 0 Å². The lowest BCUT2D eigenvalue weighted by atomic mass is 10.1. The average molecular weight is 1370 g/mol. The van der Waals surface area contributed by atoms with E-state index in [1.807, 2.05) is 85.1 Å². The van der Waals surface area contributed by atoms with E-state index in [2.05, 4.69) is 269 Å². The zero-order chi connectivity index (χ0) is 67.4. The molecular weight excluding hydrogens is 1220 g/mol. The SMILES string of the molecule is C.C.C.C.C.C.C.C.CC(C)C1=NC(C(C)C)=NC1.CC(C)c1cn(C(C)C)nn1.CC(C)c1cn(C(C)C)nn1.CC(C)c1cnn(C(C)C)c1.CC(C)c1cnn(C(C)C)c1.CC(C)c1nnc(C(C)C)o1.CC(C)c1nnc(C(C)C)s1.CC(C)c1nnn(C(C)C)n1. The maximum atomic E-state index is 5.38. The van der Waals surface area contributed by atoms with E-state index in [0.29, 0.717) is 95.3 Å². The first-order valence-electron chi connectivity index (χ1n) is 32.4. The van der Waals surface area contributed by atoms with Crippen molar-refractivity contribution in [3.8, 4) is 0 Å². The Bertz CT molecular complexity index is 2330. The lowest BCUT2D eigenvalue weighted by Crippen LogP contribution is -2.08. The second-order valence-electron chi connectivity index (χ2n) is 27.1. The molecule has 0 amide bonds. The Balaban J connectivity index is -0.000000152. The molecule has 0 bridgehead atoms. The molecule has 0 radical (unpaired) electrons. The molecule has 0 unspecified atom stereocenters. The highest BCUT2D eigenvalue weighted by molar-refractivity contribution is 7.11. The summed E-state index contributed by atoms with van der Waals surface area (Å²) in [7, 11) is 0. The molecule has 1 aliphatic rings. The van der Waals surface area contributed by atoms with Crippen molar-refractivity contribution in [2.45, 2.75) is 364 Å². The van der Waals surface area contributed by atoms with Gasteiger partial charge in [-0.1, -0.05) is 222 Å². The Morgan fingerprint density at radius 2 is 0.708 bits per heavy atom. The number of hydrogen-bond donors (Lipinski definition) is 0. The van der Waals surface area contributed by atoms with Gasteiger partial charge in [0.15, 0.2) is 5.82 Å². The van der Waals surface area contributed by atoms with Gasteiger partial charge in [0.2, 0.25) is 11.8 Å². The first-order chi connectivity index (χ1) is 40.9. The number of aromatic nitrogens is 18. The molecule has 96 heavy (non-hydrogen) atoms. The van der Waals surface area contributed by atoms with Crippen molar-refractivity contribution in [2.24, 2.45) is 21.8 Å². The van der Waals surface area contributed by atoms with E-state index in [-0.39, 0.29) is 59.4 Å². The highest BCUT2D eigenvalue weighted by atomic mass is 32.1. The van der Waals surface area contributed by atoms with Crippen molar-refractivity contribution in [1.29, 1.82) is 0 Å². The van der Waals surface area contributed by atoms with Crippen LogP contribution in [0.25, 0.3) is 0 Å². The molecule has 8 rings (SSSR count). The Morgan fingerprint density at radius 1 is 0.344 bits per heavy atom. The predicted octanol–water partition coefficient (Wildman–Crippen LogP) is 22.9. The van der Waals surface area contributed by atoms with Gasteiger partial charge < -0.3 is 4.42 Å². The van der Waals surface area contributed by atoms with E-state index < -0.39 is 0 Å². The number of hydrogen-bond acceptors (Lipinski definition) is 17. The van der Waals surface area contributed by atoms with Gasteiger partial charge in [0.05, 0.1) is 36.4 Å². The van der Waals surface area contributed by atoms with Crippen LogP contribution in [0.1, 0.15) is 415 Å². The smallest absolute Gasteiger partial charge is 0.219 e. The molecule has 0 aliphatic carbocycles. The van der Waals surface area contributed by atoms with E-state index in [0.717, 1.165) is 51.4 Å². The lowest BCUT2D eigenvalue weighted by molar-refractivity contribution is 0.417. The molecule has 1 aliphatic heterocycles. The second-order valence-corrected chi connectivity index (χ2v) is 28.2. The molecule has 21 nitrogen and oxygen atoms in total. The van der Waals surface area contributed by atoms with Gasteiger partial charge in [0, 0.05) is 90.2 Å². The molecule has 0 spiro atoms. The van der Waals surface area contributed by atoms with Crippen LogP contribution >= 0.6 is 11.3 Å². The minimum absolute atomic E-state index is 0. The van der Waals surface area contributed by atoms with Crippen LogP contribution in [0.5, 0.6) is 0 Å². The first kappa shape index (κ1) is 106. The minimum Gasteiger partial charge on any atom is -0.425 e. The van der Waals surface area contributed by atoms with Crippen LogP contribution in [0.3, 0.4) is 0 Å². The van der Waals surface area contributed by atoms with Gasteiger partial charge in [0.25, 0.3) is 0 Å². The third kappa shape index (κ3) is 39.3. The molecule has 22 heteroatoms. The molecule has 8 heterocycles. The summed E-state index contributed by atoms with van der Waals surface area (Å²) in [6, 6.07) is 2.07. The largest absolute Gasteiger partial charge is 0.425 e. The topological polar surface area (TPSA) is 230 Å². The van der Waals surface area contributed by atoms with Gasteiger partial charge in [-0.3, -0.25) is 14.4 Å². The molecule has 0 saturated heterocycles. The maximum Gasteiger partial charge on any atom is 0.219 e. The average Bonchev–Trinajstić information content (AvgIpc) is 2.14. The van der Waals surface area contributed by atoms with Crippen LogP contribution in [0, 0.1) is 11.8 Å². The fourth-order valence-electron chi connectivity index (χ4n) is 6.60. The second kappa shape index (κ2) is 52.9. The minimum atomic E-state index is 0. The normalized spacial score (nSPS) is 11.2. The van der Waals surface area contributed by atoms with Crippen molar-refractivity contribution >= 4 is 22.9 Å². The molecule has 0 saturated carbocycles. The number of tetrazole rings is 1. The highest BCUT2D eigenvalue weighted by Crippen LogP contribution is 2.24. The zero-order valence-corrected chi connectivity index (χ0v) is 61.5. The molecule has 560 valence electrons. The first-order valence-corrected chi connectivity index (χ1v) is 33.2. The van der Waals surface area contributed by atoms with Crippen molar-refractivity contribution in [1.82, 2.24) is 90.2 Å². The van der Waals surface area contributed by atoms with Crippen LogP contribution < -0.4 is 0 Å². The van der Waals surface area contributed by atoms with Gasteiger partial charge in [-0.05, 0) is 115 Å². The quantitative estimate of drug-likeness (QED) is 0.0876. The molecule has 0 atom stereocenters. The van der Waals surface area contributed by atoms with E-state index in [1.54, 1.807) is 16.1 Å². The highest BCUT2D eigenvalue weighted by Gasteiger charge is 2.16. The Hall–Kier alpha value is -6.19. The summed E-state index contributed by atoms with van der Waals surface area (Å²) in [5.41, 5.74) is 6.00. The van der Waals surface area contributed by atoms with E-state index >= 15 is 0 Å². The molecule has 0 fully saturated rings. The van der Waals surface area contributed by atoms with Crippen LogP contribution in [0.15, 0.2) is 51.6 Å². The van der Waals surface area contributed by atoms with E-state index in [9.17, 15) is 0 Å². The summed E-state index contributed by atoms with van der Waals surface area (Å²) in [4.78, 5) is 10.4. The molecule has 0 N–H and O–H groups in total. The van der Waals surface area contributed by atoms with Crippen LogP contribution in [0.4, 0.5) is 0 Å². The number of amidine groups is 1. The summed E-state index contributed by atoms with van der Waals surface area (Å²) in [5.74, 6) is 8.50. The summed E-state index contributed by atoms with van der Waals surface area (Å²) in [6.07, 6.45) is 12.2. The van der Waals surface area contributed by atoms with Gasteiger partial charge >= 0.3 is 0 Å². The molecule has 7 aromatic heterocycles. The van der Waals surface area contributed by atoms with Crippen molar-refractivity contribution in [3.63, 3.8) is 0 Å². The molecule has 0 aromatic carbocycles. The summed E-state index contributed by atoms with van der Waals surface area (Å²) in [6.45, 7) is 68.5. The van der Waals surface area contributed by atoms with Crippen molar-refractivity contribution in [3.05, 3.63) is 87.3 Å². The fraction of sp³-hybridized carbons (Fsp3) is 0.770. The number of aliphatic imine (C=N–C) groups is 2. The Kier molecular flexibility index (Phi) is 58.3. The van der Waals surface area contributed by atoms with Gasteiger partial charge in [-0.25, -0.2) is 14.4 Å². The zero-order valence-electron chi connectivity index (χ0n) is 60.7. The summed E-state index contributed by atoms with van der Waals surface area (Å²) < 4.78 is 13.1.